The molecular formula is C6H11N3O4S. The smallest absolute Gasteiger partial charge is 0.324 e. The third-order valence-electron chi connectivity index (χ3n) is 1.64. The van der Waals surface area contributed by atoms with E-state index in [1.807, 2.05) is 0 Å². The lowest BCUT2D eigenvalue weighted by atomic mass is 10.5. The fourth-order valence-electron chi connectivity index (χ4n) is 1.02. The Bertz CT molecular complexity index is 334. The number of nitrogens with one attached hydrogen (secondary N) is 2. The fourth-order valence-corrected chi connectivity index (χ4v) is 1.49. The zero-order valence-corrected chi connectivity index (χ0v) is 8.43. The highest BCUT2D eigenvalue weighted by atomic mass is 32.2. The first-order valence-electron chi connectivity index (χ1n) is 3.93. The molecule has 0 aromatic carbocycles. The van der Waals surface area contributed by atoms with Crippen molar-refractivity contribution in [1.29, 1.82) is 0 Å². The zero-order valence-electron chi connectivity index (χ0n) is 7.61. The summed E-state index contributed by atoms with van der Waals surface area (Å²) < 4.78 is 23.5. The van der Waals surface area contributed by atoms with Crippen LogP contribution in [0.25, 0.3) is 0 Å². The van der Waals surface area contributed by atoms with Gasteiger partial charge in [0.25, 0.3) is 0 Å². The number of amides is 3. The molecule has 0 aliphatic carbocycles. The van der Waals surface area contributed by atoms with Crippen molar-refractivity contribution in [1.82, 2.24) is 14.9 Å². The third kappa shape index (κ3) is 2.96. The van der Waals surface area contributed by atoms with E-state index in [0.717, 1.165) is 11.2 Å². The summed E-state index contributed by atoms with van der Waals surface area (Å²) in [5.74, 6) is -0.342. The lowest BCUT2D eigenvalue weighted by Crippen LogP contribution is -2.38. The summed E-state index contributed by atoms with van der Waals surface area (Å²) in [7, 11) is -3.27. The second-order valence-electron chi connectivity index (χ2n) is 2.87. The largest absolute Gasteiger partial charge is 0.329 e. The minimum absolute atomic E-state index is 0.0162. The number of sulfonamides is 1. The lowest BCUT2D eigenvalue weighted by Gasteiger charge is -2.11. The van der Waals surface area contributed by atoms with Crippen LogP contribution in [0.2, 0.25) is 0 Å². The van der Waals surface area contributed by atoms with Crippen LogP contribution in [-0.4, -0.2) is 51.1 Å². The highest BCUT2D eigenvalue weighted by Gasteiger charge is 2.27. The Morgan fingerprint density at radius 2 is 2.14 bits per heavy atom. The number of hydrogen-bond donors (Lipinski definition) is 2. The molecule has 0 unspecified atom stereocenters. The molecule has 0 saturated carbocycles. The van der Waals surface area contributed by atoms with Gasteiger partial charge in [-0.05, 0) is 0 Å². The highest BCUT2D eigenvalue weighted by Crippen LogP contribution is 1.96. The number of hydrogen-bond acceptors (Lipinski definition) is 4. The molecule has 1 saturated heterocycles. The van der Waals surface area contributed by atoms with E-state index in [1.165, 1.54) is 0 Å². The molecular weight excluding hydrogens is 210 g/mol. The van der Waals surface area contributed by atoms with E-state index in [1.54, 1.807) is 0 Å². The van der Waals surface area contributed by atoms with Crippen LogP contribution in [0.15, 0.2) is 0 Å². The van der Waals surface area contributed by atoms with Crippen LogP contribution in [0.1, 0.15) is 0 Å². The first kappa shape index (κ1) is 10.9. The maximum atomic E-state index is 11.0. The van der Waals surface area contributed by atoms with E-state index in [9.17, 15) is 18.0 Å². The van der Waals surface area contributed by atoms with Crippen molar-refractivity contribution in [3.05, 3.63) is 0 Å². The first-order valence-corrected chi connectivity index (χ1v) is 5.82. The van der Waals surface area contributed by atoms with E-state index < -0.39 is 16.1 Å². The molecule has 0 aromatic heterocycles. The van der Waals surface area contributed by atoms with Gasteiger partial charge in [-0.15, -0.1) is 0 Å². The Balaban J connectivity index is 2.38. The van der Waals surface area contributed by atoms with E-state index >= 15 is 0 Å². The predicted octanol–water partition coefficient (Wildman–Crippen LogP) is -1.91. The Morgan fingerprint density at radius 1 is 1.50 bits per heavy atom. The molecule has 1 rings (SSSR count). The van der Waals surface area contributed by atoms with Crippen LogP contribution < -0.4 is 10.0 Å². The molecule has 3 amide bonds. The van der Waals surface area contributed by atoms with Crippen LogP contribution in [0.5, 0.6) is 0 Å². The fraction of sp³-hybridized carbons (Fsp3) is 0.667. The molecule has 0 atom stereocenters. The number of rotatable bonds is 4. The molecule has 80 valence electrons. The van der Waals surface area contributed by atoms with Gasteiger partial charge in [-0.1, -0.05) is 0 Å². The number of carbonyl (C=O) groups is 2. The second kappa shape index (κ2) is 3.93. The molecule has 2 N–H and O–H groups in total. The average Bonchev–Trinajstić information content (AvgIpc) is 2.33. The van der Waals surface area contributed by atoms with Gasteiger partial charge in [-0.2, -0.15) is 0 Å². The van der Waals surface area contributed by atoms with Gasteiger partial charge in [0.1, 0.15) is 0 Å². The molecule has 0 spiro atoms. The van der Waals surface area contributed by atoms with Crippen molar-refractivity contribution in [2.45, 2.75) is 0 Å². The van der Waals surface area contributed by atoms with E-state index in [2.05, 4.69) is 10.0 Å². The molecule has 1 aliphatic heterocycles. The summed E-state index contributed by atoms with van der Waals surface area (Å²) in [6.45, 7) is 0.0768. The van der Waals surface area contributed by atoms with Crippen molar-refractivity contribution < 1.29 is 18.0 Å². The van der Waals surface area contributed by atoms with E-state index in [0.29, 0.717) is 0 Å². The predicted molar refractivity (Wildman–Crippen MR) is 48.0 cm³/mol. The summed E-state index contributed by atoms with van der Waals surface area (Å²) in [5, 5.41) is 2.33. The standard InChI is InChI=1S/C6H11N3O4S/c1-14(12,13)8-2-3-9-5(10)4-7-6(9)11/h8H,2-4H2,1H3,(H,7,11). The quantitative estimate of drug-likeness (QED) is 0.541. The molecule has 1 aliphatic rings. The number of carbonyl (C=O) groups excluding carboxylic acids is 2. The van der Waals surface area contributed by atoms with Gasteiger partial charge in [0.15, 0.2) is 0 Å². The maximum Gasteiger partial charge on any atom is 0.324 e. The first-order chi connectivity index (χ1) is 6.40. The summed E-state index contributed by atoms with van der Waals surface area (Å²) >= 11 is 0. The zero-order chi connectivity index (χ0) is 10.8. The van der Waals surface area contributed by atoms with Crippen LogP contribution in [0, 0.1) is 0 Å². The van der Waals surface area contributed by atoms with Crippen molar-refractivity contribution >= 4 is 22.0 Å². The van der Waals surface area contributed by atoms with Crippen molar-refractivity contribution in [3.63, 3.8) is 0 Å². The van der Waals surface area contributed by atoms with Gasteiger partial charge in [-0.3, -0.25) is 9.69 Å². The van der Waals surface area contributed by atoms with Crippen LogP contribution >= 0.6 is 0 Å². The molecule has 0 aromatic rings. The van der Waals surface area contributed by atoms with Gasteiger partial charge >= 0.3 is 6.03 Å². The third-order valence-corrected chi connectivity index (χ3v) is 2.37. The van der Waals surface area contributed by atoms with Crippen LogP contribution in [-0.2, 0) is 14.8 Å². The molecule has 0 bridgehead atoms. The average molecular weight is 221 g/mol. The Morgan fingerprint density at radius 3 is 2.57 bits per heavy atom. The lowest BCUT2D eigenvalue weighted by molar-refractivity contribution is -0.124. The molecule has 7 nitrogen and oxygen atoms in total. The second-order valence-corrected chi connectivity index (χ2v) is 4.70. The maximum absolute atomic E-state index is 11.0. The molecule has 0 radical (unpaired) electrons. The summed E-state index contributed by atoms with van der Waals surface area (Å²) in [6, 6.07) is -0.481. The van der Waals surface area contributed by atoms with E-state index in [-0.39, 0.29) is 25.5 Å². The minimum atomic E-state index is -3.27. The van der Waals surface area contributed by atoms with Crippen LogP contribution in [0.3, 0.4) is 0 Å². The normalized spacial score (nSPS) is 17.4. The highest BCUT2D eigenvalue weighted by molar-refractivity contribution is 7.88. The number of urea groups is 1. The molecule has 14 heavy (non-hydrogen) atoms. The van der Waals surface area contributed by atoms with Crippen molar-refractivity contribution in [3.8, 4) is 0 Å². The van der Waals surface area contributed by atoms with Gasteiger partial charge in [-0.25, -0.2) is 17.9 Å². The number of nitrogens with zero attached hydrogens (tertiary/aromatic N) is 1. The summed E-state index contributed by atoms with van der Waals surface area (Å²) in [6.07, 6.45) is 1.01. The van der Waals surface area contributed by atoms with Gasteiger partial charge < -0.3 is 5.32 Å². The molecule has 1 heterocycles. The SMILES string of the molecule is CS(=O)(=O)NCCN1C(=O)CNC1=O. The van der Waals surface area contributed by atoms with Crippen molar-refractivity contribution in [2.24, 2.45) is 0 Å². The van der Waals surface area contributed by atoms with Crippen molar-refractivity contribution in [2.75, 3.05) is 25.9 Å². The monoisotopic (exact) mass is 221 g/mol. The van der Waals surface area contributed by atoms with Gasteiger partial charge in [0, 0.05) is 13.1 Å². The summed E-state index contributed by atoms with van der Waals surface area (Å²) in [4.78, 5) is 22.9. The van der Waals surface area contributed by atoms with Gasteiger partial charge in [0.05, 0.1) is 12.8 Å². The topological polar surface area (TPSA) is 95.6 Å². The Kier molecular flexibility index (Phi) is 3.06. The summed E-state index contributed by atoms with van der Waals surface area (Å²) in [5.41, 5.74) is 0. The molecule has 1 fully saturated rings. The molecule has 8 heteroatoms. The Labute approximate surface area is 81.5 Å². The van der Waals surface area contributed by atoms with E-state index in [4.69, 9.17) is 0 Å². The Hall–Kier alpha value is -1.15. The minimum Gasteiger partial charge on any atom is -0.329 e. The van der Waals surface area contributed by atoms with Crippen LogP contribution in [0.4, 0.5) is 4.79 Å². The number of imide groups is 1. The van der Waals surface area contributed by atoms with Gasteiger partial charge in [0.2, 0.25) is 15.9 Å².